The van der Waals surface area contributed by atoms with Crippen molar-refractivity contribution >= 4 is 17.5 Å². The maximum atomic E-state index is 12.6. The van der Waals surface area contributed by atoms with Crippen LogP contribution in [0.15, 0.2) is 48.7 Å². The number of piperazine rings is 1. The topological polar surface area (TPSA) is 116 Å². The molecule has 0 aliphatic carbocycles. The second kappa shape index (κ2) is 8.29. The second-order valence-electron chi connectivity index (χ2n) is 6.62. The SMILES string of the molecule is Cc1nc(NC(=O)c2ccc(N3CCNCC3O)cc2)nc(-c2ccccn2)n1. The minimum absolute atomic E-state index is 0.171. The largest absolute Gasteiger partial charge is 0.372 e. The minimum Gasteiger partial charge on any atom is -0.372 e. The van der Waals surface area contributed by atoms with Gasteiger partial charge in [0.1, 0.15) is 17.7 Å². The molecule has 1 fully saturated rings. The zero-order valence-corrected chi connectivity index (χ0v) is 15.9. The number of carbonyl (C=O) groups is 1. The Morgan fingerprint density at radius 1 is 1.17 bits per heavy atom. The number of rotatable bonds is 4. The van der Waals surface area contributed by atoms with Crippen LogP contribution in [0.25, 0.3) is 11.5 Å². The lowest BCUT2D eigenvalue weighted by molar-refractivity contribution is 0.102. The molecule has 148 valence electrons. The van der Waals surface area contributed by atoms with Crippen molar-refractivity contribution in [3.8, 4) is 11.5 Å². The number of aliphatic hydroxyl groups is 1. The summed E-state index contributed by atoms with van der Waals surface area (Å²) in [5, 5.41) is 15.9. The molecule has 0 saturated carbocycles. The number of carbonyl (C=O) groups excluding carboxylic acids is 1. The molecule has 1 aliphatic rings. The third-order valence-corrected chi connectivity index (χ3v) is 4.54. The van der Waals surface area contributed by atoms with Crippen LogP contribution in [0.3, 0.4) is 0 Å². The third-order valence-electron chi connectivity index (χ3n) is 4.54. The molecule has 0 radical (unpaired) electrons. The van der Waals surface area contributed by atoms with Gasteiger partial charge in [0.25, 0.3) is 5.91 Å². The van der Waals surface area contributed by atoms with E-state index in [1.165, 1.54) is 0 Å². The van der Waals surface area contributed by atoms with E-state index in [1.807, 2.05) is 29.2 Å². The number of β-amino-alcohol motifs (C(OH)–C–C–N with tert-alkyl or cyclic N) is 1. The summed E-state index contributed by atoms with van der Waals surface area (Å²) < 4.78 is 0. The molecule has 0 bridgehead atoms. The summed E-state index contributed by atoms with van der Waals surface area (Å²) in [6.45, 7) is 3.75. The van der Waals surface area contributed by atoms with Gasteiger partial charge in [-0.2, -0.15) is 9.97 Å². The number of hydrogen-bond acceptors (Lipinski definition) is 8. The van der Waals surface area contributed by atoms with Crippen LogP contribution in [-0.4, -0.2) is 56.8 Å². The second-order valence-corrected chi connectivity index (χ2v) is 6.62. The molecular formula is C20H21N7O2. The van der Waals surface area contributed by atoms with Crippen LogP contribution in [0.1, 0.15) is 16.2 Å². The molecular weight excluding hydrogens is 370 g/mol. The summed E-state index contributed by atoms with van der Waals surface area (Å²) in [6, 6.07) is 12.5. The quantitative estimate of drug-likeness (QED) is 0.608. The first-order valence-corrected chi connectivity index (χ1v) is 9.31. The third kappa shape index (κ3) is 4.36. The first-order chi connectivity index (χ1) is 14.1. The van der Waals surface area contributed by atoms with E-state index in [4.69, 9.17) is 0 Å². The molecule has 1 atom stereocenters. The Kier molecular flexibility index (Phi) is 5.41. The summed E-state index contributed by atoms with van der Waals surface area (Å²) in [4.78, 5) is 31.5. The van der Waals surface area contributed by atoms with E-state index >= 15 is 0 Å². The van der Waals surface area contributed by atoms with Gasteiger partial charge in [-0.15, -0.1) is 0 Å². The minimum atomic E-state index is -0.582. The summed E-state index contributed by atoms with van der Waals surface area (Å²) in [7, 11) is 0. The van der Waals surface area contributed by atoms with Gasteiger partial charge in [-0.3, -0.25) is 15.1 Å². The van der Waals surface area contributed by atoms with Gasteiger partial charge in [-0.25, -0.2) is 4.98 Å². The highest BCUT2D eigenvalue weighted by Gasteiger charge is 2.20. The van der Waals surface area contributed by atoms with Crippen LogP contribution in [0.4, 0.5) is 11.6 Å². The van der Waals surface area contributed by atoms with Crippen molar-refractivity contribution in [3.63, 3.8) is 0 Å². The highest BCUT2D eigenvalue weighted by atomic mass is 16.3. The van der Waals surface area contributed by atoms with E-state index in [2.05, 4.69) is 30.6 Å². The van der Waals surface area contributed by atoms with Crippen molar-refractivity contribution in [3.05, 3.63) is 60.0 Å². The molecule has 1 unspecified atom stereocenters. The van der Waals surface area contributed by atoms with Gasteiger partial charge in [0.15, 0.2) is 5.82 Å². The fraction of sp³-hybridized carbons (Fsp3) is 0.250. The molecule has 3 aromatic rings. The molecule has 9 heteroatoms. The molecule has 0 spiro atoms. The fourth-order valence-electron chi connectivity index (χ4n) is 3.12. The Bertz CT molecular complexity index is 995. The highest BCUT2D eigenvalue weighted by molar-refractivity contribution is 6.03. The van der Waals surface area contributed by atoms with Gasteiger partial charge >= 0.3 is 0 Å². The predicted octanol–water partition coefficient (Wildman–Crippen LogP) is 1.22. The average molecular weight is 391 g/mol. The molecule has 3 heterocycles. The lowest BCUT2D eigenvalue weighted by atomic mass is 10.1. The van der Waals surface area contributed by atoms with E-state index < -0.39 is 6.23 Å². The average Bonchev–Trinajstić information content (AvgIpc) is 2.74. The Morgan fingerprint density at radius 3 is 2.72 bits per heavy atom. The maximum Gasteiger partial charge on any atom is 0.258 e. The van der Waals surface area contributed by atoms with Gasteiger partial charge in [0.05, 0.1) is 0 Å². The van der Waals surface area contributed by atoms with Crippen LogP contribution in [-0.2, 0) is 0 Å². The van der Waals surface area contributed by atoms with Crippen molar-refractivity contribution in [1.29, 1.82) is 0 Å². The van der Waals surface area contributed by atoms with Gasteiger partial charge in [-0.1, -0.05) is 6.07 Å². The summed E-state index contributed by atoms with van der Waals surface area (Å²) >= 11 is 0. The van der Waals surface area contributed by atoms with Crippen LogP contribution in [0.2, 0.25) is 0 Å². The smallest absolute Gasteiger partial charge is 0.258 e. The zero-order valence-electron chi connectivity index (χ0n) is 15.9. The van der Waals surface area contributed by atoms with Gasteiger partial charge in [0, 0.05) is 37.1 Å². The van der Waals surface area contributed by atoms with E-state index in [0.29, 0.717) is 36.0 Å². The van der Waals surface area contributed by atoms with Crippen LogP contribution >= 0.6 is 0 Å². The number of aryl methyl sites for hydroxylation is 1. The molecule has 1 aromatic carbocycles. The Morgan fingerprint density at radius 2 is 2.00 bits per heavy atom. The number of aromatic nitrogens is 4. The molecule has 2 aromatic heterocycles. The summed E-state index contributed by atoms with van der Waals surface area (Å²) in [5.74, 6) is 0.732. The number of anilines is 2. The zero-order chi connectivity index (χ0) is 20.2. The van der Waals surface area contributed by atoms with Crippen molar-refractivity contribution in [2.45, 2.75) is 13.2 Å². The molecule has 9 nitrogen and oxygen atoms in total. The van der Waals surface area contributed by atoms with E-state index in [-0.39, 0.29) is 11.9 Å². The number of hydrogen-bond donors (Lipinski definition) is 3. The molecule has 3 N–H and O–H groups in total. The molecule has 29 heavy (non-hydrogen) atoms. The predicted molar refractivity (Wildman–Crippen MR) is 108 cm³/mol. The fourth-order valence-corrected chi connectivity index (χ4v) is 3.12. The first-order valence-electron chi connectivity index (χ1n) is 9.31. The summed E-state index contributed by atoms with van der Waals surface area (Å²) in [6.07, 6.45) is 1.07. The normalized spacial score (nSPS) is 16.5. The molecule has 1 saturated heterocycles. The Hall–Kier alpha value is -3.43. The number of pyridine rings is 1. The number of benzene rings is 1. The number of nitrogens with one attached hydrogen (secondary N) is 2. The molecule has 4 rings (SSSR count). The lowest BCUT2D eigenvalue weighted by Crippen LogP contribution is -2.51. The van der Waals surface area contributed by atoms with Crippen molar-refractivity contribution in [2.75, 3.05) is 29.9 Å². The lowest BCUT2D eigenvalue weighted by Gasteiger charge is -2.34. The standard InChI is InChI=1S/C20H21N7O2/c1-13-23-18(16-4-2-3-9-22-16)25-20(24-13)26-19(29)14-5-7-15(8-6-14)27-11-10-21-12-17(27)28/h2-9,17,21,28H,10-12H2,1H3,(H,23,24,25,26,29). The Balaban J connectivity index is 1.50. The number of amides is 1. The highest BCUT2D eigenvalue weighted by Crippen LogP contribution is 2.19. The van der Waals surface area contributed by atoms with Crippen molar-refractivity contribution < 1.29 is 9.90 Å². The van der Waals surface area contributed by atoms with Gasteiger partial charge in [0.2, 0.25) is 5.95 Å². The van der Waals surface area contributed by atoms with Crippen molar-refractivity contribution in [1.82, 2.24) is 25.3 Å². The molecule has 1 amide bonds. The Labute approximate surface area is 167 Å². The van der Waals surface area contributed by atoms with Crippen LogP contribution < -0.4 is 15.5 Å². The van der Waals surface area contributed by atoms with Crippen LogP contribution in [0, 0.1) is 6.92 Å². The monoisotopic (exact) mass is 391 g/mol. The van der Waals surface area contributed by atoms with E-state index in [0.717, 1.165) is 12.2 Å². The number of aliphatic hydroxyl groups excluding tert-OH is 1. The van der Waals surface area contributed by atoms with E-state index in [1.54, 1.807) is 31.3 Å². The van der Waals surface area contributed by atoms with Gasteiger partial charge in [-0.05, 0) is 43.3 Å². The van der Waals surface area contributed by atoms with E-state index in [9.17, 15) is 9.90 Å². The van der Waals surface area contributed by atoms with Crippen molar-refractivity contribution in [2.24, 2.45) is 0 Å². The van der Waals surface area contributed by atoms with Gasteiger partial charge < -0.3 is 15.3 Å². The number of nitrogens with zero attached hydrogens (tertiary/aromatic N) is 5. The first kappa shape index (κ1) is 18.9. The summed E-state index contributed by atoms with van der Waals surface area (Å²) in [5.41, 5.74) is 1.94. The van der Waals surface area contributed by atoms with Crippen LogP contribution in [0.5, 0.6) is 0 Å². The molecule has 1 aliphatic heterocycles. The maximum absolute atomic E-state index is 12.6.